The molecule has 46 heavy (non-hydrogen) atoms. The molecule has 242 valence electrons. The summed E-state index contributed by atoms with van der Waals surface area (Å²) in [5.41, 5.74) is 0.0122. The SMILES string of the molecule is C=CCN(Cn1nnc2ccccc21)C(=O)C1N(CCCCO)C(=O)[C@@H]2[C@H](C(=O)N(CC=C)c3ccccc3)[C@@]3(C)OC12CC3C. The Kier molecular flexibility index (Phi) is 8.56. The highest BCUT2D eigenvalue weighted by molar-refractivity contribution is 6.03. The maximum absolute atomic E-state index is 14.8. The van der Waals surface area contributed by atoms with E-state index in [9.17, 15) is 19.5 Å². The summed E-state index contributed by atoms with van der Waals surface area (Å²) in [6.07, 6.45) is 4.75. The van der Waals surface area contributed by atoms with Crippen LogP contribution in [0.2, 0.25) is 0 Å². The molecule has 6 rings (SSSR count). The van der Waals surface area contributed by atoms with Crippen LogP contribution in [0.5, 0.6) is 0 Å². The molecule has 3 saturated heterocycles. The van der Waals surface area contributed by atoms with Gasteiger partial charge in [0.15, 0.2) is 0 Å². The van der Waals surface area contributed by atoms with E-state index in [4.69, 9.17) is 4.74 Å². The molecule has 1 aromatic heterocycles. The number of hydrogen-bond donors (Lipinski definition) is 1. The molecule has 3 aliphatic heterocycles. The van der Waals surface area contributed by atoms with E-state index in [-0.39, 0.29) is 56.5 Å². The van der Waals surface area contributed by atoms with Crippen LogP contribution >= 0.6 is 0 Å². The van der Waals surface area contributed by atoms with Crippen LogP contribution in [0.4, 0.5) is 5.69 Å². The molecule has 3 aromatic rings. The fraction of sp³-hybridized carbons (Fsp3) is 0.457. The van der Waals surface area contributed by atoms with E-state index in [1.54, 1.807) is 31.5 Å². The number of hydrogen-bond acceptors (Lipinski definition) is 7. The molecular formula is C35H42N6O5. The molecule has 0 aliphatic carbocycles. The van der Waals surface area contributed by atoms with Gasteiger partial charge in [0.05, 0.1) is 23.0 Å². The zero-order valence-electron chi connectivity index (χ0n) is 26.5. The van der Waals surface area contributed by atoms with E-state index in [0.717, 1.165) is 5.52 Å². The number of aliphatic hydroxyl groups excluding tert-OH is 1. The van der Waals surface area contributed by atoms with Gasteiger partial charge in [-0.2, -0.15) is 0 Å². The molecule has 4 heterocycles. The number of likely N-dealkylation sites (tertiary alicyclic amines) is 1. The van der Waals surface area contributed by atoms with Crippen LogP contribution < -0.4 is 4.90 Å². The average Bonchev–Trinajstić information content (AvgIpc) is 3.73. The molecule has 3 amide bonds. The number of rotatable bonds is 13. The first-order valence-electron chi connectivity index (χ1n) is 16.0. The van der Waals surface area contributed by atoms with Gasteiger partial charge in [-0.3, -0.25) is 14.4 Å². The van der Waals surface area contributed by atoms with Crippen LogP contribution in [0.25, 0.3) is 11.0 Å². The summed E-state index contributed by atoms with van der Waals surface area (Å²) in [6.45, 7) is 12.5. The quantitative estimate of drug-likeness (QED) is 0.228. The van der Waals surface area contributed by atoms with Crippen LogP contribution in [0, 0.1) is 17.8 Å². The van der Waals surface area contributed by atoms with Crippen molar-refractivity contribution in [1.82, 2.24) is 24.8 Å². The highest BCUT2D eigenvalue weighted by Crippen LogP contribution is 2.65. The van der Waals surface area contributed by atoms with Gasteiger partial charge in [0.25, 0.3) is 0 Å². The first-order valence-corrected chi connectivity index (χ1v) is 16.0. The van der Waals surface area contributed by atoms with Crippen molar-refractivity contribution < 1.29 is 24.2 Å². The maximum Gasteiger partial charge on any atom is 0.250 e. The number of anilines is 1. The average molecular weight is 627 g/mol. The normalized spacial score (nSPS) is 28.0. The Morgan fingerprint density at radius 1 is 1.07 bits per heavy atom. The van der Waals surface area contributed by atoms with Gasteiger partial charge < -0.3 is 24.5 Å². The van der Waals surface area contributed by atoms with Gasteiger partial charge in [-0.25, -0.2) is 4.68 Å². The van der Waals surface area contributed by atoms with E-state index in [1.165, 1.54) is 0 Å². The Morgan fingerprint density at radius 3 is 2.50 bits per heavy atom. The molecule has 3 unspecified atom stereocenters. The number of ether oxygens (including phenoxy) is 1. The van der Waals surface area contributed by atoms with Crippen molar-refractivity contribution in [3.8, 4) is 0 Å². The van der Waals surface area contributed by atoms with E-state index < -0.39 is 29.1 Å². The molecule has 11 heteroatoms. The second-order valence-electron chi connectivity index (χ2n) is 12.8. The Labute approximate surface area is 269 Å². The van der Waals surface area contributed by atoms with Crippen molar-refractivity contribution in [2.45, 2.75) is 57.0 Å². The van der Waals surface area contributed by atoms with Crippen molar-refractivity contribution in [3.05, 3.63) is 79.9 Å². The fourth-order valence-corrected chi connectivity index (χ4v) is 7.99. The third kappa shape index (κ3) is 4.93. The Hall–Kier alpha value is -4.35. The molecule has 0 radical (unpaired) electrons. The number of unbranched alkanes of at least 4 members (excludes halogenated alkanes) is 1. The summed E-state index contributed by atoms with van der Waals surface area (Å²) in [4.78, 5) is 49.0. The standard InChI is InChI=1S/C35H42N6O5/c1-5-18-38(23-41-27-17-11-10-16-26(27)36-37-41)33(45)30-35-22-24(3)34(4,46-35)28(29(35)32(44)40(30)20-12-13-21-42)31(43)39(19-6-2)25-14-8-7-9-15-25/h5-11,14-17,24,28-30,42H,1-2,12-13,18-23H2,3-4H3/t24?,28-,29+,30?,34+,35?/m1/s1. The summed E-state index contributed by atoms with van der Waals surface area (Å²) in [5, 5.41) is 18.1. The summed E-state index contributed by atoms with van der Waals surface area (Å²) < 4.78 is 8.62. The number of fused-ring (bicyclic) bond motifs is 2. The number of aliphatic hydroxyl groups is 1. The molecule has 1 N–H and O–H groups in total. The monoisotopic (exact) mass is 626 g/mol. The van der Waals surface area contributed by atoms with Crippen LogP contribution in [0.1, 0.15) is 33.1 Å². The predicted molar refractivity (Wildman–Crippen MR) is 173 cm³/mol. The second kappa shape index (κ2) is 12.4. The van der Waals surface area contributed by atoms with Crippen molar-refractivity contribution in [2.75, 3.05) is 31.1 Å². The third-order valence-electron chi connectivity index (χ3n) is 10.2. The minimum atomic E-state index is -1.21. The molecule has 1 spiro atoms. The molecule has 3 fully saturated rings. The molecule has 0 saturated carbocycles. The number of aromatic nitrogens is 3. The zero-order valence-corrected chi connectivity index (χ0v) is 26.5. The fourth-order valence-electron chi connectivity index (χ4n) is 7.99. The number of benzene rings is 2. The Morgan fingerprint density at radius 2 is 1.78 bits per heavy atom. The lowest BCUT2D eigenvalue weighted by Crippen LogP contribution is -2.57. The Bertz CT molecular complexity index is 1640. The van der Waals surface area contributed by atoms with Gasteiger partial charge in [0.2, 0.25) is 17.7 Å². The summed E-state index contributed by atoms with van der Waals surface area (Å²) in [5.74, 6) is -2.55. The number of amides is 3. The van der Waals surface area contributed by atoms with Gasteiger partial charge in [-0.05, 0) is 56.4 Å². The van der Waals surface area contributed by atoms with Gasteiger partial charge in [-0.15, -0.1) is 18.3 Å². The highest BCUT2D eigenvalue weighted by Gasteiger charge is 2.80. The van der Waals surface area contributed by atoms with Gasteiger partial charge >= 0.3 is 0 Å². The van der Waals surface area contributed by atoms with Crippen molar-refractivity contribution in [3.63, 3.8) is 0 Å². The first-order chi connectivity index (χ1) is 22.2. The number of para-hydroxylation sites is 2. The maximum atomic E-state index is 14.8. The lowest BCUT2D eigenvalue weighted by atomic mass is 9.62. The van der Waals surface area contributed by atoms with E-state index >= 15 is 0 Å². The van der Waals surface area contributed by atoms with Crippen molar-refractivity contribution in [2.24, 2.45) is 17.8 Å². The predicted octanol–water partition coefficient (Wildman–Crippen LogP) is 3.41. The lowest BCUT2D eigenvalue weighted by Gasteiger charge is -2.39. The Balaban J connectivity index is 1.41. The van der Waals surface area contributed by atoms with Gasteiger partial charge in [-0.1, -0.05) is 54.6 Å². The topological polar surface area (TPSA) is 121 Å². The number of carbonyl (C=O) groups is 3. The highest BCUT2D eigenvalue weighted by atomic mass is 16.5. The largest absolute Gasteiger partial charge is 0.396 e. The van der Waals surface area contributed by atoms with Crippen LogP contribution in [0.15, 0.2) is 79.9 Å². The molecule has 11 nitrogen and oxygen atoms in total. The minimum absolute atomic E-state index is 0.0303. The molecule has 2 bridgehead atoms. The minimum Gasteiger partial charge on any atom is -0.396 e. The van der Waals surface area contributed by atoms with Crippen LogP contribution in [-0.4, -0.2) is 91.1 Å². The first kappa shape index (κ1) is 31.6. The van der Waals surface area contributed by atoms with E-state index in [2.05, 4.69) is 23.5 Å². The molecule has 2 aromatic carbocycles. The summed E-state index contributed by atoms with van der Waals surface area (Å²) in [6, 6.07) is 15.9. The zero-order chi connectivity index (χ0) is 32.6. The number of nitrogens with zero attached hydrogens (tertiary/aromatic N) is 6. The van der Waals surface area contributed by atoms with E-state index in [0.29, 0.717) is 30.5 Å². The van der Waals surface area contributed by atoms with Gasteiger partial charge in [0.1, 0.15) is 23.8 Å². The van der Waals surface area contributed by atoms with Crippen LogP contribution in [0.3, 0.4) is 0 Å². The summed E-state index contributed by atoms with van der Waals surface area (Å²) >= 11 is 0. The van der Waals surface area contributed by atoms with Crippen molar-refractivity contribution >= 4 is 34.4 Å². The molecule has 3 aliphatic rings. The van der Waals surface area contributed by atoms with Crippen molar-refractivity contribution in [1.29, 1.82) is 0 Å². The molecule has 6 atom stereocenters. The number of carbonyl (C=O) groups excluding carboxylic acids is 3. The third-order valence-corrected chi connectivity index (χ3v) is 10.2. The smallest absolute Gasteiger partial charge is 0.250 e. The van der Waals surface area contributed by atoms with Gasteiger partial charge in [0, 0.05) is 31.9 Å². The summed E-state index contributed by atoms with van der Waals surface area (Å²) in [7, 11) is 0. The second-order valence-corrected chi connectivity index (χ2v) is 12.8. The van der Waals surface area contributed by atoms with E-state index in [1.807, 2.05) is 68.4 Å². The van der Waals surface area contributed by atoms with Crippen LogP contribution in [-0.2, 0) is 25.8 Å². The molecular weight excluding hydrogens is 584 g/mol. The lowest BCUT2D eigenvalue weighted by molar-refractivity contribution is -0.153.